The molecule has 2 amide bonds. The van der Waals surface area contributed by atoms with Crippen LogP contribution in [0.15, 0.2) is 18.2 Å². The van der Waals surface area contributed by atoms with Crippen LogP contribution in [0.1, 0.15) is 44.6 Å². The number of carbonyl (C=O) groups excluding carboxylic acids is 1. The standard InChI is InChI=1S/C21H33N3O3/c1-4-23-12-11-17(15-23)22-21(25)24(18-7-5-6-8-18)14-16-9-10-19(26-2)13-20(16)27-3/h9-10,13,17-18H,4-8,11-12,14-15H2,1-3H3,(H,22,25)/t17-/m0/s1. The molecule has 1 N–H and O–H groups in total. The van der Waals surface area contributed by atoms with Crippen LogP contribution in [-0.2, 0) is 6.54 Å². The Hall–Kier alpha value is -1.95. The molecule has 1 atom stereocenters. The lowest BCUT2D eigenvalue weighted by molar-refractivity contribution is 0.166. The van der Waals surface area contributed by atoms with Crippen LogP contribution in [-0.4, -0.2) is 61.8 Å². The number of urea groups is 1. The van der Waals surface area contributed by atoms with Gasteiger partial charge in [-0.3, -0.25) is 0 Å². The van der Waals surface area contributed by atoms with E-state index >= 15 is 0 Å². The lowest BCUT2D eigenvalue weighted by Crippen LogP contribution is -2.48. The lowest BCUT2D eigenvalue weighted by atomic mass is 10.1. The van der Waals surface area contributed by atoms with Crippen molar-refractivity contribution in [2.24, 2.45) is 0 Å². The molecule has 2 aliphatic rings. The molecule has 27 heavy (non-hydrogen) atoms. The van der Waals surface area contributed by atoms with Gasteiger partial charge < -0.3 is 24.6 Å². The quantitative estimate of drug-likeness (QED) is 0.795. The fourth-order valence-corrected chi connectivity index (χ4v) is 4.24. The minimum atomic E-state index is 0.0581. The molecule has 1 heterocycles. The van der Waals surface area contributed by atoms with Crippen molar-refractivity contribution in [2.75, 3.05) is 33.9 Å². The van der Waals surface area contributed by atoms with E-state index in [-0.39, 0.29) is 12.1 Å². The fourth-order valence-electron chi connectivity index (χ4n) is 4.24. The van der Waals surface area contributed by atoms with E-state index in [1.165, 1.54) is 12.8 Å². The summed E-state index contributed by atoms with van der Waals surface area (Å²) in [5.41, 5.74) is 1.02. The molecule has 1 saturated heterocycles. The number of carbonyl (C=O) groups is 1. The van der Waals surface area contributed by atoms with E-state index in [0.29, 0.717) is 12.6 Å². The van der Waals surface area contributed by atoms with Gasteiger partial charge in [-0.15, -0.1) is 0 Å². The monoisotopic (exact) mass is 375 g/mol. The van der Waals surface area contributed by atoms with Crippen molar-refractivity contribution in [1.29, 1.82) is 0 Å². The van der Waals surface area contributed by atoms with Crippen LogP contribution in [0.4, 0.5) is 4.79 Å². The Morgan fingerprint density at radius 2 is 2.00 bits per heavy atom. The van der Waals surface area contributed by atoms with Gasteiger partial charge in [0.15, 0.2) is 0 Å². The number of rotatable bonds is 7. The van der Waals surface area contributed by atoms with E-state index in [2.05, 4.69) is 17.1 Å². The molecule has 0 bridgehead atoms. The second kappa shape index (κ2) is 9.31. The zero-order valence-corrected chi connectivity index (χ0v) is 16.9. The van der Waals surface area contributed by atoms with Crippen molar-refractivity contribution in [3.8, 4) is 11.5 Å². The molecule has 1 aromatic carbocycles. The summed E-state index contributed by atoms with van der Waals surface area (Å²) in [6, 6.07) is 6.43. The smallest absolute Gasteiger partial charge is 0.318 e. The molecule has 2 fully saturated rings. The first kappa shape index (κ1) is 19.8. The molecule has 6 heteroatoms. The number of nitrogens with zero attached hydrogens (tertiary/aromatic N) is 2. The average Bonchev–Trinajstić information content (AvgIpc) is 3.37. The van der Waals surface area contributed by atoms with Gasteiger partial charge in [-0.2, -0.15) is 0 Å². The molecule has 0 unspecified atom stereocenters. The summed E-state index contributed by atoms with van der Waals surface area (Å²) in [6.45, 7) is 5.80. The van der Waals surface area contributed by atoms with Crippen LogP contribution in [0.5, 0.6) is 11.5 Å². The van der Waals surface area contributed by atoms with Crippen LogP contribution in [0.25, 0.3) is 0 Å². The van der Waals surface area contributed by atoms with E-state index in [4.69, 9.17) is 9.47 Å². The molecule has 1 saturated carbocycles. The third-order valence-corrected chi connectivity index (χ3v) is 5.91. The summed E-state index contributed by atoms with van der Waals surface area (Å²) in [5, 5.41) is 3.28. The van der Waals surface area contributed by atoms with Crippen molar-refractivity contribution in [2.45, 2.75) is 57.7 Å². The molecular formula is C21H33N3O3. The number of methoxy groups -OCH3 is 2. The molecule has 0 spiro atoms. The number of ether oxygens (including phenoxy) is 2. The van der Waals surface area contributed by atoms with Gasteiger partial charge in [-0.05, 0) is 37.9 Å². The predicted molar refractivity (Wildman–Crippen MR) is 106 cm³/mol. The van der Waals surface area contributed by atoms with E-state index in [0.717, 1.165) is 56.0 Å². The Morgan fingerprint density at radius 1 is 1.22 bits per heavy atom. The van der Waals surface area contributed by atoms with E-state index in [9.17, 15) is 4.79 Å². The number of hydrogen-bond acceptors (Lipinski definition) is 4. The van der Waals surface area contributed by atoms with Crippen molar-refractivity contribution >= 4 is 6.03 Å². The second-order valence-corrected chi connectivity index (χ2v) is 7.57. The first-order chi connectivity index (χ1) is 13.1. The van der Waals surface area contributed by atoms with E-state index in [1.807, 2.05) is 23.1 Å². The number of benzene rings is 1. The fraction of sp³-hybridized carbons (Fsp3) is 0.667. The van der Waals surface area contributed by atoms with Gasteiger partial charge in [0.1, 0.15) is 11.5 Å². The summed E-state index contributed by atoms with van der Waals surface area (Å²) in [5.74, 6) is 1.53. The van der Waals surface area contributed by atoms with Crippen molar-refractivity contribution < 1.29 is 14.3 Å². The summed E-state index contributed by atoms with van der Waals surface area (Å²) in [7, 11) is 3.31. The molecule has 0 radical (unpaired) electrons. The zero-order chi connectivity index (χ0) is 19.2. The van der Waals surface area contributed by atoms with Gasteiger partial charge in [-0.1, -0.05) is 19.8 Å². The molecule has 1 aromatic rings. The van der Waals surface area contributed by atoms with Crippen LogP contribution < -0.4 is 14.8 Å². The maximum atomic E-state index is 13.1. The van der Waals surface area contributed by atoms with Crippen LogP contribution >= 0.6 is 0 Å². The van der Waals surface area contributed by atoms with Gasteiger partial charge in [0.05, 0.1) is 20.8 Å². The highest BCUT2D eigenvalue weighted by molar-refractivity contribution is 5.75. The summed E-state index contributed by atoms with van der Waals surface area (Å²) in [4.78, 5) is 17.5. The first-order valence-electron chi connectivity index (χ1n) is 10.1. The number of amides is 2. The van der Waals surface area contributed by atoms with E-state index in [1.54, 1.807) is 14.2 Å². The number of hydrogen-bond donors (Lipinski definition) is 1. The first-order valence-corrected chi connectivity index (χ1v) is 10.1. The third kappa shape index (κ3) is 4.86. The molecule has 3 rings (SSSR count). The predicted octanol–water partition coefficient (Wildman–Crippen LogP) is 3.25. The Kier molecular flexibility index (Phi) is 6.83. The Bertz CT molecular complexity index is 631. The summed E-state index contributed by atoms with van der Waals surface area (Å²) >= 11 is 0. The SMILES string of the molecule is CCN1CC[C@H](NC(=O)N(Cc2ccc(OC)cc2OC)C2CCCC2)C1. The number of nitrogens with one attached hydrogen (secondary N) is 1. The zero-order valence-electron chi connectivity index (χ0n) is 16.9. The van der Waals surface area contributed by atoms with Gasteiger partial charge in [-0.25, -0.2) is 4.79 Å². The van der Waals surface area contributed by atoms with Gasteiger partial charge in [0, 0.05) is 36.8 Å². The topological polar surface area (TPSA) is 54.0 Å². The van der Waals surface area contributed by atoms with Gasteiger partial charge in [0.25, 0.3) is 0 Å². The van der Waals surface area contributed by atoms with Gasteiger partial charge >= 0.3 is 6.03 Å². The Morgan fingerprint density at radius 3 is 2.63 bits per heavy atom. The minimum Gasteiger partial charge on any atom is -0.497 e. The molecule has 1 aliphatic heterocycles. The maximum absolute atomic E-state index is 13.1. The van der Waals surface area contributed by atoms with Crippen molar-refractivity contribution in [3.05, 3.63) is 23.8 Å². The lowest BCUT2D eigenvalue weighted by Gasteiger charge is -2.31. The van der Waals surface area contributed by atoms with Crippen LogP contribution in [0, 0.1) is 0 Å². The van der Waals surface area contributed by atoms with Crippen LogP contribution in [0.3, 0.4) is 0 Å². The molecule has 6 nitrogen and oxygen atoms in total. The second-order valence-electron chi connectivity index (χ2n) is 7.57. The highest BCUT2D eigenvalue weighted by atomic mass is 16.5. The Balaban J connectivity index is 1.73. The van der Waals surface area contributed by atoms with Gasteiger partial charge in [0.2, 0.25) is 0 Å². The third-order valence-electron chi connectivity index (χ3n) is 5.91. The maximum Gasteiger partial charge on any atom is 0.318 e. The minimum absolute atomic E-state index is 0.0581. The average molecular weight is 376 g/mol. The van der Waals surface area contributed by atoms with E-state index < -0.39 is 0 Å². The summed E-state index contributed by atoms with van der Waals surface area (Å²) < 4.78 is 10.8. The molecule has 0 aromatic heterocycles. The van der Waals surface area contributed by atoms with Crippen molar-refractivity contribution in [1.82, 2.24) is 15.1 Å². The van der Waals surface area contributed by atoms with Crippen LogP contribution in [0.2, 0.25) is 0 Å². The normalized spacial score (nSPS) is 20.6. The molecule has 150 valence electrons. The molecular weight excluding hydrogens is 342 g/mol. The number of likely N-dealkylation sites (N-methyl/N-ethyl adjacent to an activating group) is 1. The Labute approximate surface area is 162 Å². The van der Waals surface area contributed by atoms with Crippen molar-refractivity contribution in [3.63, 3.8) is 0 Å². The highest BCUT2D eigenvalue weighted by Crippen LogP contribution is 2.30. The largest absolute Gasteiger partial charge is 0.497 e. The number of likely N-dealkylation sites (tertiary alicyclic amines) is 1. The molecule has 1 aliphatic carbocycles. The summed E-state index contributed by atoms with van der Waals surface area (Å²) in [6.07, 6.45) is 5.59. The highest BCUT2D eigenvalue weighted by Gasteiger charge is 2.30.